The molecular formula is C83H142O17P2. The first kappa shape index (κ1) is 97.5. The standard InChI is InChI=1S/C83H142O17P2/c1-5-9-13-17-21-25-29-33-36-38-41-45-48-52-56-60-64-68-81(86)94-73-78(99-82(87)69-65-61-57-53-49-43-32-28-24-20-16-12-8-4)75-97-101(89,90)95-71-77(84)72-96-102(91,92)98-76-79(74-93-80(85)67-63-59-55-51-47-44-40-35-31-27-23-19-15-11-7-3)100-83(88)70-66-62-58-54-50-46-42-39-37-34-30-26-22-18-14-10-6-2/h21-23,25-27,33-37,40-42,45-46,52,54,56,58,77-79,84H,5-20,24,28-32,38-39,43-44,47-51,53,55,57,59-76H2,1-4H3,(H,89,90)(H,91,92)/b25-21-,26-22-,27-23-,36-33-,37-34-,40-35-,45-41-,46-42-,56-52-,58-54-/t77-,78+,79+/m0/s1. The van der Waals surface area contributed by atoms with Crippen molar-refractivity contribution in [1.82, 2.24) is 0 Å². The minimum absolute atomic E-state index is 0.0133. The number of unbranched alkanes of at least 4 members (excludes halogenated alkanes) is 28. The summed E-state index contributed by atoms with van der Waals surface area (Å²) in [5.74, 6) is -2.31. The van der Waals surface area contributed by atoms with E-state index in [1.807, 2.05) is 24.3 Å². The van der Waals surface area contributed by atoms with Crippen LogP contribution in [0.25, 0.3) is 0 Å². The van der Waals surface area contributed by atoms with E-state index in [1.54, 1.807) is 0 Å². The van der Waals surface area contributed by atoms with Crippen molar-refractivity contribution >= 4 is 39.5 Å². The normalized spacial score (nSPS) is 14.5. The van der Waals surface area contributed by atoms with Gasteiger partial charge >= 0.3 is 39.5 Å². The molecule has 0 heterocycles. The highest BCUT2D eigenvalue weighted by atomic mass is 31.2. The van der Waals surface area contributed by atoms with E-state index in [4.69, 9.17) is 37.0 Å². The number of allylic oxidation sites excluding steroid dienone is 20. The largest absolute Gasteiger partial charge is 0.472 e. The van der Waals surface area contributed by atoms with Gasteiger partial charge < -0.3 is 33.8 Å². The zero-order valence-electron chi connectivity index (χ0n) is 64.0. The van der Waals surface area contributed by atoms with E-state index in [2.05, 4.69) is 125 Å². The van der Waals surface area contributed by atoms with Crippen LogP contribution < -0.4 is 0 Å². The minimum atomic E-state index is -5.00. The van der Waals surface area contributed by atoms with Gasteiger partial charge in [-0.3, -0.25) is 37.3 Å². The molecule has 19 heteroatoms. The molecule has 0 saturated heterocycles. The summed E-state index contributed by atoms with van der Waals surface area (Å²) in [5.41, 5.74) is 0. The van der Waals surface area contributed by atoms with Crippen LogP contribution in [-0.4, -0.2) is 96.7 Å². The highest BCUT2D eigenvalue weighted by Crippen LogP contribution is 2.45. The van der Waals surface area contributed by atoms with Crippen LogP contribution in [0.4, 0.5) is 0 Å². The zero-order chi connectivity index (χ0) is 74.6. The van der Waals surface area contributed by atoms with Gasteiger partial charge in [-0.25, -0.2) is 9.13 Å². The van der Waals surface area contributed by atoms with E-state index >= 15 is 0 Å². The molecule has 0 aliphatic heterocycles. The lowest BCUT2D eigenvalue weighted by atomic mass is 10.0. The third-order valence-corrected chi connectivity index (χ3v) is 18.3. The predicted molar refractivity (Wildman–Crippen MR) is 418 cm³/mol. The third-order valence-electron chi connectivity index (χ3n) is 16.4. The molecule has 0 aromatic rings. The highest BCUT2D eigenvalue weighted by molar-refractivity contribution is 7.47. The molecule has 0 rings (SSSR count). The van der Waals surface area contributed by atoms with Crippen LogP contribution in [0.1, 0.15) is 323 Å². The van der Waals surface area contributed by atoms with E-state index in [1.165, 1.54) is 109 Å². The van der Waals surface area contributed by atoms with Crippen molar-refractivity contribution in [3.63, 3.8) is 0 Å². The number of hydrogen-bond donors (Lipinski definition) is 3. The van der Waals surface area contributed by atoms with Gasteiger partial charge in [0.05, 0.1) is 26.4 Å². The number of aliphatic hydroxyl groups is 1. The van der Waals surface area contributed by atoms with Gasteiger partial charge in [-0.15, -0.1) is 0 Å². The number of carbonyl (C=O) groups is 4. The SMILES string of the molecule is CCCCC/C=C\C/C=C\C/C=C\C/C=C\CCCC(=O)OC[C@H](COP(=O)(O)OC[C@H](O)COP(=O)(O)OC[C@@H](COC(=O)CCCCCCC/C=C\C/C=C\CCCCC)OC(=O)CCC/C=C\C/C=C\C/C=C\C/C=C\CCCCC)OC(=O)CCCCCCCCCCCCCCC. The molecule has 17 nitrogen and oxygen atoms in total. The molecule has 5 atom stereocenters. The first-order valence-electron chi connectivity index (χ1n) is 39.8. The van der Waals surface area contributed by atoms with Gasteiger partial charge in [-0.05, 0) is 135 Å². The van der Waals surface area contributed by atoms with Gasteiger partial charge in [-0.1, -0.05) is 284 Å². The Morgan fingerprint density at radius 2 is 0.490 bits per heavy atom. The highest BCUT2D eigenvalue weighted by Gasteiger charge is 2.30. The van der Waals surface area contributed by atoms with Crippen LogP contribution in [0.3, 0.4) is 0 Å². The molecule has 0 aliphatic carbocycles. The Bertz CT molecular complexity index is 2410. The maximum atomic E-state index is 13.1. The molecule has 102 heavy (non-hydrogen) atoms. The molecule has 0 aromatic carbocycles. The van der Waals surface area contributed by atoms with Crippen LogP contribution in [0.2, 0.25) is 0 Å². The Kier molecular flexibility index (Phi) is 71.4. The smallest absolute Gasteiger partial charge is 0.462 e. The van der Waals surface area contributed by atoms with Gasteiger partial charge in [0.25, 0.3) is 0 Å². The molecular weight excluding hydrogens is 1330 g/mol. The van der Waals surface area contributed by atoms with Crippen LogP contribution in [-0.2, 0) is 65.4 Å². The predicted octanol–water partition coefficient (Wildman–Crippen LogP) is 23.1. The van der Waals surface area contributed by atoms with E-state index in [-0.39, 0.29) is 25.7 Å². The molecule has 0 amide bonds. The van der Waals surface area contributed by atoms with Gasteiger partial charge in [-0.2, -0.15) is 0 Å². The van der Waals surface area contributed by atoms with Gasteiger partial charge in [0.15, 0.2) is 12.2 Å². The van der Waals surface area contributed by atoms with Crippen LogP contribution in [0, 0.1) is 0 Å². The van der Waals surface area contributed by atoms with Crippen molar-refractivity contribution in [1.29, 1.82) is 0 Å². The molecule has 0 fully saturated rings. The average Bonchev–Trinajstić information content (AvgIpc) is 0.909. The Balaban J connectivity index is 5.46. The summed E-state index contributed by atoms with van der Waals surface area (Å²) in [5, 5.41) is 10.6. The lowest BCUT2D eigenvalue weighted by Gasteiger charge is -2.21. The zero-order valence-corrected chi connectivity index (χ0v) is 65.8. The minimum Gasteiger partial charge on any atom is -0.462 e. The fourth-order valence-corrected chi connectivity index (χ4v) is 11.9. The monoisotopic (exact) mass is 1470 g/mol. The Labute approximate surface area is 619 Å². The van der Waals surface area contributed by atoms with Crippen molar-refractivity contribution in [3.8, 4) is 0 Å². The summed E-state index contributed by atoms with van der Waals surface area (Å²) in [4.78, 5) is 72.9. The van der Waals surface area contributed by atoms with E-state index in [0.717, 1.165) is 122 Å². The van der Waals surface area contributed by atoms with Crippen molar-refractivity contribution < 1.29 is 80.2 Å². The Hall–Kier alpha value is -4.54. The second-order valence-corrected chi connectivity index (χ2v) is 29.2. The maximum Gasteiger partial charge on any atom is 0.472 e. The number of phosphoric acid groups is 2. The average molecular weight is 1470 g/mol. The van der Waals surface area contributed by atoms with Crippen molar-refractivity contribution in [2.24, 2.45) is 0 Å². The first-order chi connectivity index (χ1) is 49.7. The fourth-order valence-electron chi connectivity index (χ4n) is 10.3. The molecule has 0 saturated carbocycles. The van der Waals surface area contributed by atoms with Crippen LogP contribution in [0.5, 0.6) is 0 Å². The van der Waals surface area contributed by atoms with Crippen molar-refractivity contribution in [2.45, 2.75) is 341 Å². The number of hydrogen-bond acceptors (Lipinski definition) is 15. The summed E-state index contributed by atoms with van der Waals surface area (Å²) in [7, 11) is -9.99. The number of carbonyl (C=O) groups excluding carboxylic acids is 4. The quantitative estimate of drug-likeness (QED) is 0.0169. The topological polar surface area (TPSA) is 237 Å². The van der Waals surface area contributed by atoms with Gasteiger partial charge in [0, 0.05) is 25.7 Å². The molecule has 0 aliphatic rings. The second-order valence-electron chi connectivity index (χ2n) is 26.3. The second kappa shape index (κ2) is 74.7. The van der Waals surface area contributed by atoms with E-state index in [9.17, 15) is 43.2 Å². The Morgan fingerprint density at radius 3 is 0.804 bits per heavy atom. The van der Waals surface area contributed by atoms with Crippen molar-refractivity contribution in [2.75, 3.05) is 39.6 Å². The summed E-state index contributed by atoms with van der Waals surface area (Å²) in [6.45, 7) is 4.67. The molecule has 0 spiro atoms. The number of aliphatic hydroxyl groups excluding tert-OH is 1. The van der Waals surface area contributed by atoms with E-state index in [0.29, 0.717) is 38.5 Å². The maximum absolute atomic E-state index is 13.1. The number of esters is 4. The van der Waals surface area contributed by atoms with Crippen LogP contribution >= 0.6 is 15.6 Å². The van der Waals surface area contributed by atoms with Crippen molar-refractivity contribution in [3.05, 3.63) is 122 Å². The molecule has 0 radical (unpaired) electrons. The number of phosphoric ester groups is 2. The number of ether oxygens (including phenoxy) is 4. The lowest BCUT2D eigenvalue weighted by molar-refractivity contribution is -0.161. The summed E-state index contributed by atoms with van der Waals surface area (Å²) < 4.78 is 68.4. The molecule has 2 unspecified atom stereocenters. The Morgan fingerprint density at radius 1 is 0.275 bits per heavy atom. The fraction of sp³-hybridized carbons (Fsp3) is 0.711. The third kappa shape index (κ3) is 73.8. The summed E-state index contributed by atoms with van der Waals surface area (Å²) in [6, 6.07) is 0. The summed E-state index contributed by atoms with van der Waals surface area (Å²) >= 11 is 0. The molecule has 0 aromatic heterocycles. The van der Waals surface area contributed by atoms with Gasteiger partial charge in [0.2, 0.25) is 0 Å². The van der Waals surface area contributed by atoms with E-state index < -0.39 is 97.5 Å². The molecule has 0 bridgehead atoms. The first-order valence-corrected chi connectivity index (χ1v) is 42.8. The molecule has 586 valence electrons. The van der Waals surface area contributed by atoms with Gasteiger partial charge in [0.1, 0.15) is 19.3 Å². The summed E-state index contributed by atoms with van der Waals surface area (Å²) in [6.07, 6.45) is 81.9. The number of rotatable bonds is 74. The molecule has 3 N–H and O–H groups in total. The lowest BCUT2D eigenvalue weighted by Crippen LogP contribution is -2.30. The van der Waals surface area contributed by atoms with Crippen LogP contribution in [0.15, 0.2) is 122 Å².